The summed E-state index contributed by atoms with van der Waals surface area (Å²) in [4.78, 5) is 29.5. The number of nitrogens with zero attached hydrogens (tertiary/aromatic N) is 5. The molecule has 9 nitrogen and oxygen atoms in total. The lowest BCUT2D eigenvalue weighted by molar-refractivity contribution is -0.112. The van der Waals surface area contributed by atoms with Gasteiger partial charge in [-0.25, -0.2) is 9.48 Å². The van der Waals surface area contributed by atoms with Crippen LogP contribution in [0.1, 0.15) is 54.2 Å². The van der Waals surface area contributed by atoms with Crippen molar-refractivity contribution in [3.05, 3.63) is 70.0 Å². The van der Waals surface area contributed by atoms with Crippen molar-refractivity contribution >= 4 is 11.7 Å². The van der Waals surface area contributed by atoms with E-state index >= 15 is 0 Å². The van der Waals surface area contributed by atoms with E-state index in [1.807, 2.05) is 10.7 Å². The highest BCUT2D eigenvalue weighted by Crippen LogP contribution is 2.60. The van der Waals surface area contributed by atoms with Crippen molar-refractivity contribution in [1.82, 2.24) is 24.5 Å². The molecule has 4 atom stereocenters. The molecule has 154 valence electrons. The predicted molar refractivity (Wildman–Crippen MR) is 108 cm³/mol. The zero-order valence-corrected chi connectivity index (χ0v) is 16.9. The summed E-state index contributed by atoms with van der Waals surface area (Å²) in [6, 6.07) is 8.66. The Balaban J connectivity index is 1.48. The van der Waals surface area contributed by atoms with Crippen LogP contribution in [0.5, 0.6) is 0 Å². The quantitative estimate of drug-likeness (QED) is 0.714. The molecule has 9 heteroatoms. The second-order valence-corrected chi connectivity index (χ2v) is 7.88. The molecule has 0 spiro atoms. The van der Waals surface area contributed by atoms with Crippen molar-refractivity contribution in [2.45, 2.75) is 45.1 Å². The number of carbonyl (C=O) groups is 1. The first-order valence-corrected chi connectivity index (χ1v) is 10.0. The van der Waals surface area contributed by atoms with Crippen LogP contribution in [0.2, 0.25) is 0 Å². The van der Waals surface area contributed by atoms with Crippen molar-refractivity contribution in [2.75, 3.05) is 5.32 Å². The van der Waals surface area contributed by atoms with E-state index in [1.165, 1.54) is 4.57 Å². The van der Waals surface area contributed by atoms with E-state index in [0.717, 1.165) is 12.1 Å². The van der Waals surface area contributed by atoms with Crippen LogP contribution >= 0.6 is 0 Å². The van der Waals surface area contributed by atoms with Crippen LogP contribution < -0.4 is 11.0 Å². The van der Waals surface area contributed by atoms with Gasteiger partial charge < -0.3 is 10.1 Å². The Bertz CT molecular complexity index is 1190. The van der Waals surface area contributed by atoms with Gasteiger partial charge in [0.2, 0.25) is 0 Å². The monoisotopic (exact) mass is 406 g/mol. The maximum absolute atomic E-state index is 12.9. The highest BCUT2D eigenvalue weighted by molar-refractivity contribution is 6.03. The van der Waals surface area contributed by atoms with E-state index in [9.17, 15) is 9.59 Å². The molecule has 5 rings (SSSR count). The number of aromatic nitrogens is 5. The molecule has 2 aliphatic heterocycles. The van der Waals surface area contributed by atoms with Crippen molar-refractivity contribution in [3.8, 4) is 0 Å². The molecule has 4 heterocycles. The molecular formula is C21H22N6O3. The lowest BCUT2D eigenvalue weighted by Gasteiger charge is -2.31. The lowest BCUT2D eigenvalue weighted by Crippen LogP contribution is -2.36. The van der Waals surface area contributed by atoms with Crippen molar-refractivity contribution in [2.24, 2.45) is 5.92 Å². The Morgan fingerprint density at radius 2 is 2.07 bits per heavy atom. The minimum Gasteiger partial charge on any atom is -0.342 e. The summed E-state index contributed by atoms with van der Waals surface area (Å²) in [5, 5.41) is 11.0. The van der Waals surface area contributed by atoms with Gasteiger partial charge >= 0.3 is 5.69 Å². The molecule has 30 heavy (non-hydrogen) atoms. The number of rotatable bonds is 4. The lowest BCUT2D eigenvalue weighted by atomic mass is 9.85. The Kier molecular flexibility index (Phi) is 4.11. The molecule has 0 aliphatic carbocycles. The summed E-state index contributed by atoms with van der Waals surface area (Å²) in [6.45, 7) is 5.98. The average molecular weight is 406 g/mol. The van der Waals surface area contributed by atoms with Gasteiger partial charge in [-0.2, -0.15) is 4.98 Å². The third-order valence-corrected chi connectivity index (χ3v) is 6.36. The van der Waals surface area contributed by atoms with Crippen molar-refractivity contribution < 1.29 is 9.53 Å². The Labute approximate surface area is 172 Å². The second kappa shape index (κ2) is 6.60. The SMILES string of the molecule is CC[C@@]12O[C@@H](n3cc(C)c(NC(=O)c4ccccc4)nc3=O)[C@H](C1C)n1nncc12. The summed E-state index contributed by atoms with van der Waals surface area (Å²) in [5.41, 5.74) is 1.11. The maximum atomic E-state index is 12.9. The van der Waals surface area contributed by atoms with Crippen LogP contribution in [0, 0.1) is 12.8 Å². The fourth-order valence-corrected chi connectivity index (χ4v) is 4.76. The molecule has 1 N–H and O–H groups in total. The van der Waals surface area contributed by atoms with Gasteiger partial charge in [0.05, 0.1) is 11.9 Å². The average Bonchev–Trinajstić information content (AvgIpc) is 3.40. The van der Waals surface area contributed by atoms with E-state index in [-0.39, 0.29) is 23.7 Å². The minimum absolute atomic E-state index is 0.141. The fraction of sp³-hybridized carbons (Fsp3) is 0.381. The normalized spacial score (nSPS) is 26.6. The second-order valence-electron chi connectivity index (χ2n) is 7.88. The highest BCUT2D eigenvalue weighted by Gasteiger charge is 2.62. The van der Waals surface area contributed by atoms with Gasteiger partial charge in [-0.05, 0) is 25.5 Å². The van der Waals surface area contributed by atoms with E-state index in [2.05, 4.69) is 34.5 Å². The molecule has 2 bridgehead atoms. The molecule has 0 radical (unpaired) electrons. The van der Waals surface area contributed by atoms with Crippen LogP contribution in [0.25, 0.3) is 0 Å². The molecule has 1 aromatic carbocycles. The number of carbonyl (C=O) groups excluding carboxylic acids is 1. The van der Waals surface area contributed by atoms with Gasteiger partial charge in [-0.1, -0.05) is 37.3 Å². The van der Waals surface area contributed by atoms with Crippen LogP contribution in [0.3, 0.4) is 0 Å². The van der Waals surface area contributed by atoms with Gasteiger partial charge in [-0.3, -0.25) is 9.36 Å². The largest absolute Gasteiger partial charge is 0.351 e. The Morgan fingerprint density at radius 3 is 2.80 bits per heavy atom. The van der Waals surface area contributed by atoms with Crippen molar-refractivity contribution in [3.63, 3.8) is 0 Å². The molecule has 1 unspecified atom stereocenters. The third kappa shape index (κ3) is 2.48. The van der Waals surface area contributed by atoms with Gasteiger partial charge in [0, 0.05) is 23.2 Å². The Morgan fingerprint density at radius 1 is 1.30 bits per heavy atom. The van der Waals surface area contributed by atoms with E-state index in [4.69, 9.17) is 4.74 Å². The van der Waals surface area contributed by atoms with Crippen LogP contribution in [-0.2, 0) is 10.3 Å². The molecule has 0 saturated carbocycles. The summed E-state index contributed by atoms with van der Waals surface area (Å²) < 4.78 is 9.81. The number of hydrogen-bond donors (Lipinski definition) is 1. The molecule has 1 saturated heterocycles. The molecule has 3 aromatic rings. The Hall–Kier alpha value is -3.33. The predicted octanol–water partition coefficient (Wildman–Crippen LogP) is 2.42. The standard InChI is InChI=1S/C21H22N6O3/c1-4-21-13(3)16(27-15(21)10-22-25-27)19(30-21)26-11-12(2)17(24-20(26)29)23-18(28)14-8-6-5-7-9-14/h5-11,13,16,19H,4H2,1-3H3,(H,23,24,28,29)/t13?,16-,19+,21+/m0/s1. The number of fused-ring (bicyclic) bond motifs is 5. The minimum atomic E-state index is -0.535. The first kappa shape index (κ1) is 18.7. The third-order valence-electron chi connectivity index (χ3n) is 6.36. The number of anilines is 1. The number of amides is 1. The molecular weight excluding hydrogens is 384 g/mol. The highest BCUT2D eigenvalue weighted by atomic mass is 16.5. The van der Waals surface area contributed by atoms with Gasteiger partial charge in [0.25, 0.3) is 5.91 Å². The summed E-state index contributed by atoms with van der Waals surface area (Å²) >= 11 is 0. The summed E-state index contributed by atoms with van der Waals surface area (Å²) in [7, 11) is 0. The van der Waals surface area contributed by atoms with Gasteiger partial charge in [0.1, 0.15) is 17.5 Å². The van der Waals surface area contributed by atoms with Crippen LogP contribution in [0.15, 0.2) is 47.5 Å². The van der Waals surface area contributed by atoms with Crippen LogP contribution in [-0.4, -0.2) is 30.5 Å². The van der Waals surface area contributed by atoms with E-state index in [1.54, 1.807) is 43.6 Å². The molecule has 1 amide bonds. The number of hydrogen-bond acceptors (Lipinski definition) is 6. The van der Waals surface area contributed by atoms with Gasteiger partial charge in [0.15, 0.2) is 6.23 Å². The van der Waals surface area contributed by atoms with E-state index < -0.39 is 17.5 Å². The topological polar surface area (TPSA) is 104 Å². The summed E-state index contributed by atoms with van der Waals surface area (Å²) in [6.07, 6.45) is 3.64. The van der Waals surface area contributed by atoms with Crippen LogP contribution in [0.4, 0.5) is 5.82 Å². The number of benzene rings is 1. The molecule has 2 aliphatic rings. The number of nitrogens with one attached hydrogen (secondary N) is 1. The van der Waals surface area contributed by atoms with Gasteiger partial charge in [-0.15, -0.1) is 5.10 Å². The zero-order chi connectivity index (χ0) is 21.0. The first-order valence-electron chi connectivity index (χ1n) is 10.0. The first-order chi connectivity index (χ1) is 14.5. The van der Waals surface area contributed by atoms with Crippen molar-refractivity contribution in [1.29, 1.82) is 0 Å². The zero-order valence-electron chi connectivity index (χ0n) is 16.9. The summed E-state index contributed by atoms with van der Waals surface area (Å²) in [5.74, 6) is 0.0703. The number of ether oxygens (including phenoxy) is 1. The molecule has 2 aromatic heterocycles. The number of aryl methyl sites for hydroxylation is 1. The molecule has 1 fully saturated rings. The fourth-order valence-electron chi connectivity index (χ4n) is 4.76. The van der Waals surface area contributed by atoms with E-state index in [0.29, 0.717) is 11.1 Å². The maximum Gasteiger partial charge on any atom is 0.351 e. The smallest absolute Gasteiger partial charge is 0.342 e.